The molecule has 0 bridgehead atoms. The van der Waals surface area contributed by atoms with Crippen LogP contribution in [-0.4, -0.2) is 6.54 Å². The molecule has 1 heteroatoms. The molecule has 1 unspecified atom stereocenters. The van der Waals surface area contributed by atoms with Crippen LogP contribution in [0.1, 0.15) is 58.3 Å². The molecule has 1 nitrogen and oxygen atoms in total. The average molecular weight is 183 g/mol. The van der Waals surface area contributed by atoms with Crippen LogP contribution >= 0.6 is 0 Å². The second-order valence-corrected chi connectivity index (χ2v) is 4.59. The number of rotatable bonds is 7. The molecule has 1 atom stereocenters. The van der Waals surface area contributed by atoms with Crippen LogP contribution in [0, 0.1) is 11.8 Å². The van der Waals surface area contributed by atoms with E-state index in [1.54, 1.807) is 0 Å². The Balaban J connectivity index is 1.87. The van der Waals surface area contributed by atoms with Crippen molar-refractivity contribution in [3.63, 3.8) is 0 Å². The second-order valence-electron chi connectivity index (χ2n) is 4.59. The molecular weight excluding hydrogens is 158 g/mol. The molecule has 0 amide bonds. The minimum Gasteiger partial charge on any atom is -0.330 e. The third-order valence-electron chi connectivity index (χ3n) is 3.61. The molecule has 0 spiro atoms. The van der Waals surface area contributed by atoms with Gasteiger partial charge in [0.25, 0.3) is 0 Å². The van der Waals surface area contributed by atoms with Crippen molar-refractivity contribution in [2.24, 2.45) is 17.6 Å². The molecule has 78 valence electrons. The van der Waals surface area contributed by atoms with Gasteiger partial charge in [0, 0.05) is 0 Å². The maximum Gasteiger partial charge on any atom is -0.00490 e. The van der Waals surface area contributed by atoms with Crippen molar-refractivity contribution >= 4 is 0 Å². The Hall–Kier alpha value is -0.0400. The molecule has 1 saturated carbocycles. The van der Waals surface area contributed by atoms with Crippen LogP contribution in [0.5, 0.6) is 0 Å². The van der Waals surface area contributed by atoms with E-state index in [1.807, 2.05) is 0 Å². The van der Waals surface area contributed by atoms with E-state index in [0.717, 1.165) is 18.4 Å². The lowest BCUT2D eigenvalue weighted by atomic mass is 9.81. The van der Waals surface area contributed by atoms with Crippen molar-refractivity contribution < 1.29 is 0 Å². The Morgan fingerprint density at radius 3 is 2.54 bits per heavy atom. The molecule has 0 heterocycles. The fraction of sp³-hybridized carbons (Fsp3) is 1.00. The Labute approximate surface area is 83.1 Å². The van der Waals surface area contributed by atoms with E-state index in [-0.39, 0.29) is 0 Å². The maximum absolute atomic E-state index is 5.66. The molecule has 1 rings (SSSR count). The van der Waals surface area contributed by atoms with Crippen molar-refractivity contribution in [2.45, 2.75) is 58.3 Å². The molecule has 1 aliphatic carbocycles. The van der Waals surface area contributed by atoms with Gasteiger partial charge in [0.1, 0.15) is 0 Å². The minimum atomic E-state index is 0.793. The Kier molecular flexibility index (Phi) is 5.45. The van der Waals surface area contributed by atoms with Crippen LogP contribution in [0.2, 0.25) is 0 Å². The average Bonchev–Trinajstić information content (AvgIpc) is 2.08. The van der Waals surface area contributed by atoms with Crippen molar-refractivity contribution in [3.8, 4) is 0 Å². The summed E-state index contributed by atoms with van der Waals surface area (Å²) < 4.78 is 0. The van der Waals surface area contributed by atoms with Gasteiger partial charge in [-0.3, -0.25) is 0 Å². The zero-order chi connectivity index (χ0) is 9.52. The first-order chi connectivity index (χ1) is 6.36. The van der Waals surface area contributed by atoms with Crippen LogP contribution in [0.4, 0.5) is 0 Å². The summed E-state index contributed by atoms with van der Waals surface area (Å²) in [4.78, 5) is 0. The van der Waals surface area contributed by atoms with E-state index < -0.39 is 0 Å². The van der Waals surface area contributed by atoms with Gasteiger partial charge in [-0.1, -0.05) is 51.9 Å². The largest absolute Gasteiger partial charge is 0.330 e. The first-order valence-corrected chi connectivity index (χ1v) is 6.06. The SMILES string of the molecule is CCC(CN)CCCCC1CCC1. The fourth-order valence-electron chi connectivity index (χ4n) is 2.14. The van der Waals surface area contributed by atoms with Gasteiger partial charge in [-0.2, -0.15) is 0 Å². The normalized spacial score (nSPS) is 19.8. The summed E-state index contributed by atoms with van der Waals surface area (Å²) in [6.07, 6.45) is 11.5. The third kappa shape index (κ3) is 4.12. The predicted octanol–water partition coefficient (Wildman–Crippen LogP) is 3.33. The van der Waals surface area contributed by atoms with Gasteiger partial charge in [-0.15, -0.1) is 0 Å². The summed E-state index contributed by atoms with van der Waals surface area (Å²) in [7, 11) is 0. The lowest BCUT2D eigenvalue weighted by molar-refractivity contribution is 0.283. The lowest BCUT2D eigenvalue weighted by Gasteiger charge is -2.25. The quantitative estimate of drug-likeness (QED) is 0.602. The van der Waals surface area contributed by atoms with Gasteiger partial charge >= 0.3 is 0 Å². The predicted molar refractivity (Wildman–Crippen MR) is 58.6 cm³/mol. The van der Waals surface area contributed by atoms with Gasteiger partial charge in [-0.05, 0) is 24.8 Å². The van der Waals surface area contributed by atoms with E-state index in [4.69, 9.17) is 5.73 Å². The highest BCUT2D eigenvalue weighted by atomic mass is 14.5. The van der Waals surface area contributed by atoms with E-state index in [9.17, 15) is 0 Å². The van der Waals surface area contributed by atoms with Crippen molar-refractivity contribution in [3.05, 3.63) is 0 Å². The summed E-state index contributed by atoms with van der Waals surface area (Å²) >= 11 is 0. The van der Waals surface area contributed by atoms with Crippen LogP contribution < -0.4 is 5.73 Å². The smallest absolute Gasteiger partial charge is 0.00490 e. The molecule has 1 fully saturated rings. The maximum atomic E-state index is 5.66. The first kappa shape index (κ1) is 11.0. The van der Waals surface area contributed by atoms with Gasteiger partial charge < -0.3 is 5.73 Å². The summed E-state index contributed by atoms with van der Waals surface area (Å²) in [6, 6.07) is 0. The summed E-state index contributed by atoms with van der Waals surface area (Å²) in [5, 5.41) is 0. The van der Waals surface area contributed by atoms with Gasteiger partial charge in [0.2, 0.25) is 0 Å². The number of nitrogens with two attached hydrogens (primary N) is 1. The monoisotopic (exact) mass is 183 g/mol. The third-order valence-corrected chi connectivity index (χ3v) is 3.61. The minimum absolute atomic E-state index is 0.793. The van der Waals surface area contributed by atoms with Gasteiger partial charge in [0.15, 0.2) is 0 Å². The van der Waals surface area contributed by atoms with E-state index in [1.165, 1.54) is 51.4 Å². The molecule has 0 saturated heterocycles. The zero-order valence-electron chi connectivity index (χ0n) is 9.10. The van der Waals surface area contributed by atoms with Crippen LogP contribution in [0.15, 0.2) is 0 Å². The summed E-state index contributed by atoms with van der Waals surface area (Å²) in [6.45, 7) is 3.14. The fourth-order valence-corrected chi connectivity index (χ4v) is 2.14. The molecule has 1 aliphatic rings. The highest BCUT2D eigenvalue weighted by Crippen LogP contribution is 2.31. The van der Waals surface area contributed by atoms with Crippen molar-refractivity contribution in [1.29, 1.82) is 0 Å². The molecule has 2 N–H and O–H groups in total. The number of unbranched alkanes of at least 4 members (excludes halogenated alkanes) is 1. The Bertz CT molecular complexity index is 114. The zero-order valence-corrected chi connectivity index (χ0v) is 9.10. The van der Waals surface area contributed by atoms with Crippen LogP contribution in [0.3, 0.4) is 0 Å². The van der Waals surface area contributed by atoms with Crippen LogP contribution in [0.25, 0.3) is 0 Å². The standard InChI is InChI=1S/C12H25N/c1-2-11(10-13)6-3-4-7-12-8-5-9-12/h11-12H,2-10,13H2,1H3. The topological polar surface area (TPSA) is 26.0 Å². The van der Waals surface area contributed by atoms with Crippen LogP contribution in [-0.2, 0) is 0 Å². The molecule has 0 aromatic heterocycles. The summed E-state index contributed by atoms with van der Waals surface area (Å²) in [5.41, 5.74) is 5.66. The molecule has 0 aromatic rings. The van der Waals surface area contributed by atoms with Gasteiger partial charge in [0.05, 0.1) is 0 Å². The van der Waals surface area contributed by atoms with Crippen molar-refractivity contribution in [2.75, 3.05) is 6.54 Å². The molecular formula is C12H25N. The Morgan fingerprint density at radius 2 is 2.08 bits per heavy atom. The van der Waals surface area contributed by atoms with Crippen molar-refractivity contribution in [1.82, 2.24) is 0 Å². The molecule has 0 aromatic carbocycles. The number of hydrogen-bond acceptors (Lipinski definition) is 1. The second kappa shape index (κ2) is 6.42. The molecule has 0 radical (unpaired) electrons. The highest BCUT2D eigenvalue weighted by molar-refractivity contribution is 4.69. The number of hydrogen-bond donors (Lipinski definition) is 1. The molecule has 13 heavy (non-hydrogen) atoms. The lowest BCUT2D eigenvalue weighted by Crippen LogP contribution is -2.14. The summed E-state index contributed by atoms with van der Waals surface area (Å²) in [5.74, 6) is 1.89. The first-order valence-electron chi connectivity index (χ1n) is 6.06. The Morgan fingerprint density at radius 1 is 1.31 bits per heavy atom. The van der Waals surface area contributed by atoms with E-state index in [0.29, 0.717) is 0 Å². The van der Waals surface area contributed by atoms with E-state index >= 15 is 0 Å². The highest BCUT2D eigenvalue weighted by Gasteiger charge is 2.16. The van der Waals surface area contributed by atoms with Gasteiger partial charge in [-0.25, -0.2) is 0 Å². The molecule has 0 aliphatic heterocycles. The van der Waals surface area contributed by atoms with E-state index in [2.05, 4.69) is 6.92 Å².